The molecule has 2 aliphatic rings. The van der Waals surface area contributed by atoms with E-state index in [1.807, 2.05) is 0 Å². The molecule has 3 heterocycles. The first kappa shape index (κ1) is 16.0. The highest BCUT2D eigenvalue weighted by Crippen LogP contribution is 2.38. The predicted molar refractivity (Wildman–Crippen MR) is 90.1 cm³/mol. The van der Waals surface area contributed by atoms with E-state index in [0.717, 1.165) is 11.3 Å². The van der Waals surface area contributed by atoms with Gasteiger partial charge in [-0.1, -0.05) is 11.6 Å². The van der Waals surface area contributed by atoms with Crippen LogP contribution >= 0.6 is 11.6 Å². The molecule has 0 radical (unpaired) electrons. The Morgan fingerprint density at radius 2 is 2.16 bits per heavy atom. The second-order valence-electron chi connectivity index (χ2n) is 6.00. The highest BCUT2D eigenvalue weighted by molar-refractivity contribution is 6.32. The van der Waals surface area contributed by atoms with E-state index >= 15 is 0 Å². The van der Waals surface area contributed by atoms with Crippen molar-refractivity contribution in [3.63, 3.8) is 0 Å². The van der Waals surface area contributed by atoms with E-state index in [1.165, 1.54) is 6.33 Å². The van der Waals surface area contributed by atoms with Crippen LogP contribution in [0.25, 0.3) is 0 Å². The molecule has 0 unspecified atom stereocenters. The fourth-order valence-electron chi connectivity index (χ4n) is 3.12. The molecule has 7 nitrogen and oxygen atoms in total. The summed E-state index contributed by atoms with van der Waals surface area (Å²) in [5.74, 6) is 1.02. The number of hydrogen-bond acceptors (Lipinski definition) is 5. The van der Waals surface area contributed by atoms with Gasteiger partial charge < -0.3 is 19.4 Å². The van der Waals surface area contributed by atoms with Crippen LogP contribution < -0.4 is 15.0 Å². The van der Waals surface area contributed by atoms with E-state index in [1.54, 1.807) is 17.0 Å². The first-order chi connectivity index (χ1) is 12.1. The summed E-state index contributed by atoms with van der Waals surface area (Å²) in [6, 6.07) is 3.50. The van der Waals surface area contributed by atoms with Gasteiger partial charge in [0.25, 0.3) is 5.56 Å². The number of carbonyl (C=O) groups is 1. The number of carbonyl (C=O) groups excluding carboxylic acids is 1. The summed E-state index contributed by atoms with van der Waals surface area (Å²) < 4.78 is 11.0. The lowest BCUT2D eigenvalue weighted by molar-refractivity contribution is -0.131. The number of benzene rings is 1. The molecule has 8 heteroatoms. The Balaban J connectivity index is 1.52. The van der Waals surface area contributed by atoms with Gasteiger partial charge in [0.2, 0.25) is 5.91 Å². The fraction of sp³-hybridized carbons (Fsp3) is 0.353. The molecular weight excluding hydrogens is 346 g/mol. The van der Waals surface area contributed by atoms with E-state index in [0.29, 0.717) is 48.3 Å². The third kappa shape index (κ3) is 3.07. The molecule has 0 saturated heterocycles. The Morgan fingerprint density at radius 1 is 1.32 bits per heavy atom. The van der Waals surface area contributed by atoms with Gasteiger partial charge >= 0.3 is 0 Å². The molecule has 25 heavy (non-hydrogen) atoms. The summed E-state index contributed by atoms with van der Waals surface area (Å²) >= 11 is 6.22. The van der Waals surface area contributed by atoms with Gasteiger partial charge in [-0.25, -0.2) is 4.98 Å². The fourth-order valence-corrected chi connectivity index (χ4v) is 3.41. The maximum atomic E-state index is 12.6. The number of nitrogens with zero attached hydrogens (tertiary/aromatic N) is 2. The molecule has 2 aliphatic heterocycles. The van der Waals surface area contributed by atoms with Crippen molar-refractivity contribution in [1.82, 2.24) is 14.9 Å². The standard InChI is InChI=1S/C17H16ClN3O4/c18-12-5-10(6-14-16(12)25-4-3-24-14)7-15(22)21-2-1-13-11(8-21)17(23)20-9-19-13/h5-6,9H,1-4,7-8H2,(H,19,20,23). The van der Waals surface area contributed by atoms with Crippen molar-refractivity contribution in [1.29, 1.82) is 0 Å². The number of fused-ring (bicyclic) bond motifs is 2. The van der Waals surface area contributed by atoms with Crippen LogP contribution in [0.3, 0.4) is 0 Å². The van der Waals surface area contributed by atoms with Crippen molar-refractivity contribution in [3.05, 3.63) is 50.7 Å². The molecule has 0 bridgehead atoms. The molecule has 2 aromatic rings. The topological polar surface area (TPSA) is 84.5 Å². The Kier molecular flexibility index (Phi) is 4.09. The van der Waals surface area contributed by atoms with Gasteiger partial charge in [0.15, 0.2) is 11.5 Å². The number of halogens is 1. The summed E-state index contributed by atoms with van der Waals surface area (Å²) in [4.78, 5) is 33.0. The third-order valence-corrected chi connectivity index (χ3v) is 4.65. The first-order valence-electron chi connectivity index (χ1n) is 8.03. The quantitative estimate of drug-likeness (QED) is 0.872. The Hall–Kier alpha value is -2.54. The maximum Gasteiger partial charge on any atom is 0.255 e. The number of H-pyrrole nitrogens is 1. The van der Waals surface area contributed by atoms with Crippen molar-refractivity contribution >= 4 is 17.5 Å². The van der Waals surface area contributed by atoms with Crippen LogP contribution in [0.4, 0.5) is 0 Å². The lowest BCUT2D eigenvalue weighted by Crippen LogP contribution is -2.40. The highest BCUT2D eigenvalue weighted by atomic mass is 35.5. The van der Waals surface area contributed by atoms with Crippen molar-refractivity contribution in [2.24, 2.45) is 0 Å². The number of hydrogen-bond donors (Lipinski definition) is 1. The SMILES string of the molecule is O=C(Cc1cc(Cl)c2c(c1)OCCO2)N1CCc2nc[nH]c(=O)c2C1. The summed E-state index contributed by atoms with van der Waals surface area (Å²) in [6.45, 7) is 1.73. The zero-order valence-electron chi connectivity index (χ0n) is 13.4. The average molecular weight is 362 g/mol. The van der Waals surface area contributed by atoms with Crippen molar-refractivity contribution < 1.29 is 14.3 Å². The first-order valence-corrected chi connectivity index (χ1v) is 8.41. The van der Waals surface area contributed by atoms with Crippen LogP contribution in [0.15, 0.2) is 23.3 Å². The van der Waals surface area contributed by atoms with Crippen molar-refractivity contribution in [3.8, 4) is 11.5 Å². The Morgan fingerprint density at radius 3 is 3.04 bits per heavy atom. The molecule has 0 saturated carbocycles. The molecule has 1 amide bonds. The zero-order valence-corrected chi connectivity index (χ0v) is 14.1. The molecule has 1 aromatic carbocycles. The predicted octanol–water partition coefficient (Wildman–Crippen LogP) is 1.32. The summed E-state index contributed by atoms with van der Waals surface area (Å²) in [7, 11) is 0. The molecule has 1 aromatic heterocycles. The third-order valence-electron chi connectivity index (χ3n) is 4.37. The Labute approximate surface area is 148 Å². The van der Waals surface area contributed by atoms with Gasteiger partial charge in [0.1, 0.15) is 13.2 Å². The summed E-state index contributed by atoms with van der Waals surface area (Å²) in [5, 5.41) is 0.435. The largest absolute Gasteiger partial charge is 0.486 e. The second-order valence-corrected chi connectivity index (χ2v) is 6.41. The molecule has 1 N–H and O–H groups in total. The summed E-state index contributed by atoms with van der Waals surface area (Å²) in [6.07, 6.45) is 2.16. The highest BCUT2D eigenvalue weighted by Gasteiger charge is 2.24. The van der Waals surface area contributed by atoms with Crippen LogP contribution in [-0.2, 0) is 24.2 Å². The molecule has 4 rings (SSSR count). The molecule has 130 valence electrons. The normalized spacial score (nSPS) is 15.6. The van der Waals surface area contributed by atoms with E-state index in [-0.39, 0.29) is 24.4 Å². The second kappa shape index (κ2) is 6.40. The number of rotatable bonds is 2. The lowest BCUT2D eigenvalue weighted by Gasteiger charge is -2.27. The van der Waals surface area contributed by atoms with Crippen LogP contribution in [0.5, 0.6) is 11.5 Å². The molecular formula is C17H16ClN3O4. The van der Waals surface area contributed by atoms with Crippen molar-refractivity contribution in [2.75, 3.05) is 19.8 Å². The Bertz CT molecular complexity index is 896. The number of aromatic nitrogens is 2. The van der Waals surface area contributed by atoms with E-state index in [9.17, 15) is 9.59 Å². The zero-order chi connectivity index (χ0) is 17.4. The van der Waals surface area contributed by atoms with Gasteiger partial charge in [-0.05, 0) is 17.7 Å². The lowest BCUT2D eigenvalue weighted by atomic mass is 10.1. The smallest absolute Gasteiger partial charge is 0.255 e. The monoisotopic (exact) mass is 361 g/mol. The molecule has 0 fully saturated rings. The molecule has 0 spiro atoms. The van der Waals surface area contributed by atoms with Crippen LogP contribution in [0, 0.1) is 0 Å². The maximum absolute atomic E-state index is 12.6. The minimum Gasteiger partial charge on any atom is -0.486 e. The number of aromatic amines is 1. The average Bonchev–Trinajstić information content (AvgIpc) is 2.62. The van der Waals surface area contributed by atoms with Gasteiger partial charge in [-0.2, -0.15) is 0 Å². The van der Waals surface area contributed by atoms with Gasteiger partial charge in [-0.15, -0.1) is 0 Å². The van der Waals surface area contributed by atoms with E-state index in [2.05, 4.69) is 9.97 Å². The number of nitrogens with one attached hydrogen (secondary N) is 1. The molecule has 0 atom stereocenters. The van der Waals surface area contributed by atoms with Gasteiger partial charge in [0, 0.05) is 13.0 Å². The van der Waals surface area contributed by atoms with E-state index in [4.69, 9.17) is 21.1 Å². The van der Waals surface area contributed by atoms with Crippen molar-refractivity contribution in [2.45, 2.75) is 19.4 Å². The summed E-state index contributed by atoms with van der Waals surface area (Å²) in [5.41, 5.74) is 1.88. The minimum absolute atomic E-state index is 0.0679. The van der Waals surface area contributed by atoms with Gasteiger partial charge in [-0.3, -0.25) is 9.59 Å². The minimum atomic E-state index is -0.190. The van der Waals surface area contributed by atoms with Crippen LogP contribution in [0.2, 0.25) is 5.02 Å². The van der Waals surface area contributed by atoms with Crippen LogP contribution in [-0.4, -0.2) is 40.5 Å². The molecule has 0 aliphatic carbocycles. The number of ether oxygens (including phenoxy) is 2. The van der Waals surface area contributed by atoms with Gasteiger partial charge in [0.05, 0.1) is 35.6 Å². The van der Waals surface area contributed by atoms with E-state index < -0.39 is 0 Å². The van der Waals surface area contributed by atoms with Crippen LogP contribution in [0.1, 0.15) is 16.8 Å². The number of amides is 1.